The molecule has 2 aromatic heterocycles. The van der Waals surface area contributed by atoms with Crippen LogP contribution in [0.4, 0.5) is 0 Å². The Morgan fingerprint density at radius 3 is 2.89 bits per heavy atom. The van der Waals surface area contributed by atoms with Crippen LogP contribution in [-0.4, -0.2) is 25.7 Å². The van der Waals surface area contributed by atoms with Crippen molar-refractivity contribution >= 4 is 5.91 Å². The molecule has 1 atom stereocenters. The molecule has 0 bridgehead atoms. The number of rotatable bonds is 4. The van der Waals surface area contributed by atoms with Crippen LogP contribution in [0.3, 0.4) is 0 Å². The van der Waals surface area contributed by atoms with E-state index in [1.54, 1.807) is 6.92 Å². The van der Waals surface area contributed by atoms with Gasteiger partial charge in [0.1, 0.15) is 11.6 Å². The third kappa shape index (κ3) is 3.49. The number of nitrogens with one attached hydrogen (secondary N) is 1. The van der Waals surface area contributed by atoms with E-state index in [1.165, 1.54) is 5.56 Å². The highest BCUT2D eigenvalue weighted by Gasteiger charge is 2.28. The molecule has 0 saturated carbocycles. The Balaban J connectivity index is 1.48. The minimum atomic E-state index is -0.110. The van der Waals surface area contributed by atoms with Crippen LogP contribution in [0.25, 0.3) is 11.4 Å². The van der Waals surface area contributed by atoms with Crippen LogP contribution in [0.1, 0.15) is 35.2 Å². The van der Waals surface area contributed by atoms with E-state index in [-0.39, 0.29) is 11.8 Å². The Labute approximate surface area is 157 Å². The second-order valence-corrected chi connectivity index (χ2v) is 7.11. The highest BCUT2D eigenvalue weighted by molar-refractivity contribution is 5.78. The molecule has 4 rings (SSSR count). The summed E-state index contributed by atoms with van der Waals surface area (Å²) in [6.07, 6.45) is 1.52. The number of hydrogen-bond donors (Lipinski definition) is 1. The molecule has 0 spiro atoms. The third-order valence-electron chi connectivity index (χ3n) is 5.02. The van der Waals surface area contributed by atoms with Crippen molar-refractivity contribution in [3.05, 3.63) is 53.0 Å². The van der Waals surface area contributed by atoms with Gasteiger partial charge in [-0.05, 0) is 26.3 Å². The van der Waals surface area contributed by atoms with E-state index in [0.29, 0.717) is 24.7 Å². The smallest absolute Gasteiger partial charge is 0.225 e. The highest BCUT2D eigenvalue weighted by atomic mass is 16.4. The fourth-order valence-corrected chi connectivity index (χ4v) is 3.59. The first kappa shape index (κ1) is 17.5. The zero-order chi connectivity index (χ0) is 19.0. The minimum Gasteiger partial charge on any atom is -0.444 e. The fraction of sp³-hybridized carbons (Fsp3) is 0.400. The normalized spacial score (nSPS) is 16.2. The van der Waals surface area contributed by atoms with Crippen molar-refractivity contribution in [2.45, 2.75) is 46.7 Å². The Morgan fingerprint density at radius 2 is 2.15 bits per heavy atom. The maximum atomic E-state index is 12.7. The van der Waals surface area contributed by atoms with Gasteiger partial charge in [-0.2, -0.15) is 0 Å². The molecule has 7 heteroatoms. The summed E-state index contributed by atoms with van der Waals surface area (Å²) in [5.74, 6) is 3.01. The Bertz CT molecular complexity index is 988. The van der Waals surface area contributed by atoms with Gasteiger partial charge in [0.2, 0.25) is 5.91 Å². The summed E-state index contributed by atoms with van der Waals surface area (Å²) < 4.78 is 7.61. The number of benzene rings is 1. The minimum absolute atomic E-state index is 0.0259. The van der Waals surface area contributed by atoms with Crippen LogP contribution >= 0.6 is 0 Å². The third-order valence-corrected chi connectivity index (χ3v) is 5.02. The van der Waals surface area contributed by atoms with Gasteiger partial charge in [0.25, 0.3) is 0 Å². The van der Waals surface area contributed by atoms with Crippen molar-refractivity contribution in [3.8, 4) is 11.4 Å². The van der Waals surface area contributed by atoms with Crippen molar-refractivity contribution in [1.82, 2.24) is 25.1 Å². The van der Waals surface area contributed by atoms with Crippen LogP contribution in [0.2, 0.25) is 0 Å². The molecule has 1 unspecified atom stereocenters. The van der Waals surface area contributed by atoms with Gasteiger partial charge in [-0.1, -0.05) is 23.8 Å². The van der Waals surface area contributed by atoms with Gasteiger partial charge in [-0.3, -0.25) is 4.79 Å². The summed E-state index contributed by atoms with van der Waals surface area (Å²) in [6.45, 7) is 6.70. The predicted octanol–water partition coefficient (Wildman–Crippen LogP) is 2.74. The molecular weight excluding hydrogens is 342 g/mol. The van der Waals surface area contributed by atoms with Crippen molar-refractivity contribution in [2.75, 3.05) is 0 Å². The molecule has 1 amide bonds. The van der Waals surface area contributed by atoms with E-state index in [9.17, 15) is 4.79 Å². The van der Waals surface area contributed by atoms with Crippen LogP contribution < -0.4 is 5.32 Å². The predicted molar refractivity (Wildman–Crippen MR) is 99.8 cm³/mol. The van der Waals surface area contributed by atoms with Gasteiger partial charge in [0.15, 0.2) is 11.7 Å². The van der Waals surface area contributed by atoms with Gasteiger partial charge in [0.05, 0.1) is 18.2 Å². The molecule has 27 heavy (non-hydrogen) atoms. The lowest BCUT2D eigenvalue weighted by atomic mass is 9.98. The monoisotopic (exact) mass is 365 g/mol. The average molecular weight is 365 g/mol. The van der Waals surface area contributed by atoms with Gasteiger partial charge in [-0.25, -0.2) is 4.98 Å². The summed E-state index contributed by atoms with van der Waals surface area (Å²) in [5.41, 5.74) is 3.02. The lowest BCUT2D eigenvalue weighted by Crippen LogP contribution is -2.36. The number of carbonyl (C=O) groups is 1. The summed E-state index contributed by atoms with van der Waals surface area (Å²) in [6, 6.07) is 8.19. The molecule has 0 aliphatic carbocycles. The van der Waals surface area contributed by atoms with Crippen LogP contribution in [0.5, 0.6) is 0 Å². The first-order valence-electron chi connectivity index (χ1n) is 9.21. The Kier molecular flexibility index (Phi) is 4.51. The number of nitrogens with zero attached hydrogens (tertiary/aromatic N) is 4. The maximum Gasteiger partial charge on any atom is 0.225 e. The van der Waals surface area contributed by atoms with E-state index in [2.05, 4.69) is 44.1 Å². The Morgan fingerprint density at radius 1 is 1.30 bits per heavy atom. The number of fused-ring (bicyclic) bond motifs is 1. The molecule has 1 N–H and O–H groups in total. The van der Waals surface area contributed by atoms with Crippen molar-refractivity contribution in [1.29, 1.82) is 0 Å². The largest absolute Gasteiger partial charge is 0.444 e. The van der Waals surface area contributed by atoms with E-state index >= 15 is 0 Å². The lowest BCUT2D eigenvalue weighted by Gasteiger charge is -2.23. The highest BCUT2D eigenvalue weighted by Crippen LogP contribution is 2.26. The summed E-state index contributed by atoms with van der Waals surface area (Å²) in [4.78, 5) is 16.9. The van der Waals surface area contributed by atoms with E-state index in [4.69, 9.17) is 4.42 Å². The Hall–Kier alpha value is -2.96. The summed E-state index contributed by atoms with van der Waals surface area (Å²) >= 11 is 0. The van der Waals surface area contributed by atoms with E-state index in [0.717, 1.165) is 35.7 Å². The number of hydrogen-bond acceptors (Lipinski definition) is 5. The van der Waals surface area contributed by atoms with Gasteiger partial charge >= 0.3 is 0 Å². The van der Waals surface area contributed by atoms with E-state index in [1.807, 2.05) is 19.1 Å². The maximum absolute atomic E-state index is 12.7. The van der Waals surface area contributed by atoms with Gasteiger partial charge < -0.3 is 14.3 Å². The quantitative estimate of drug-likeness (QED) is 0.768. The topological polar surface area (TPSA) is 85.8 Å². The van der Waals surface area contributed by atoms with Crippen molar-refractivity contribution in [3.63, 3.8) is 0 Å². The number of carbonyl (C=O) groups excluding carboxylic acids is 1. The molecule has 7 nitrogen and oxygen atoms in total. The number of aryl methyl sites for hydroxylation is 4. The van der Waals surface area contributed by atoms with Gasteiger partial charge in [0, 0.05) is 25.5 Å². The summed E-state index contributed by atoms with van der Waals surface area (Å²) in [7, 11) is 0. The molecule has 3 heterocycles. The molecule has 3 aromatic rings. The molecule has 1 aromatic carbocycles. The van der Waals surface area contributed by atoms with Crippen LogP contribution in [-0.2, 0) is 24.3 Å². The molecule has 140 valence electrons. The standard InChI is InChI=1S/C20H23N5O2/c1-12-5-4-6-15(9-12)19-24-23-18-8-7-16(11-25(18)19)20(26)21-10-17-13(2)22-14(3)27-17/h4-6,9,16H,7-8,10-11H2,1-3H3,(H,21,26). The number of aromatic nitrogens is 4. The zero-order valence-corrected chi connectivity index (χ0v) is 15.8. The van der Waals surface area contributed by atoms with Crippen LogP contribution in [0, 0.1) is 26.7 Å². The number of oxazole rings is 1. The molecule has 1 aliphatic heterocycles. The van der Waals surface area contributed by atoms with Crippen LogP contribution in [0.15, 0.2) is 28.7 Å². The van der Waals surface area contributed by atoms with Gasteiger partial charge in [-0.15, -0.1) is 10.2 Å². The number of amides is 1. The first-order valence-corrected chi connectivity index (χ1v) is 9.21. The first-order chi connectivity index (χ1) is 13.0. The van der Waals surface area contributed by atoms with Crippen molar-refractivity contribution in [2.24, 2.45) is 5.92 Å². The molecule has 0 saturated heterocycles. The average Bonchev–Trinajstić information content (AvgIpc) is 3.21. The second-order valence-electron chi connectivity index (χ2n) is 7.11. The molecular formula is C20H23N5O2. The van der Waals surface area contributed by atoms with E-state index < -0.39 is 0 Å². The lowest BCUT2D eigenvalue weighted by molar-refractivity contribution is -0.126. The second kappa shape index (κ2) is 6.98. The fourth-order valence-electron chi connectivity index (χ4n) is 3.59. The molecule has 0 fully saturated rings. The SMILES string of the molecule is Cc1cccc(-c2nnc3n2CC(C(=O)NCc2oc(C)nc2C)CC3)c1. The molecule has 0 radical (unpaired) electrons. The molecule has 1 aliphatic rings. The summed E-state index contributed by atoms with van der Waals surface area (Å²) in [5, 5.41) is 11.7. The van der Waals surface area contributed by atoms with Crippen molar-refractivity contribution < 1.29 is 9.21 Å². The zero-order valence-electron chi connectivity index (χ0n) is 15.8.